The largest absolute Gasteiger partial charge is 0.355 e. The van der Waals surface area contributed by atoms with Gasteiger partial charge in [-0.25, -0.2) is 0 Å². The van der Waals surface area contributed by atoms with Crippen molar-refractivity contribution in [1.82, 2.24) is 15.5 Å². The van der Waals surface area contributed by atoms with Crippen LogP contribution in [-0.4, -0.2) is 50.1 Å². The zero-order chi connectivity index (χ0) is 20.3. The minimum atomic E-state index is 0.236. The number of carbonyl (C=O) groups excluding carboxylic acids is 1. The molecule has 0 radical (unpaired) electrons. The molecule has 0 spiro atoms. The first kappa shape index (κ1) is 25.4. The van der Waals surface area contributed by atoms with E-state index in [2.05, 4.69) is 29.4 Å². The van der Waals surface area contributed by atoms with Crippen LogP contribution in [0.3, 0.4) is 0 Å². The maximum absolute atomic E-state index is 12.8. The van der Waals surface area contributed by atoms with Crippen LogP contribution in [0, 0.1) is 5.92 Å². The molecule has 1 aliphatic heterocycles. The van der Waals surface area contributed by atoms with Gasteiger partial charge in [-0.2, -0.15) is 0 Å². The van der Waals surface area contributed by atoms with Crippen molar-refractivity contribution in [1.29, 1.82) is 0 Å². The molecule has 166 valence electrons. The Labute approximate surface area is 175 Å². The lowest BCUT2D eigenvalue weighted by Gasteiger charge is -2.27. The van der Waals surface area contributed by atoms with Gasteiger partial charge < -0.3 is 10.6 Å². The van der Waals surface area contributed by atoms with Crippen LogP contribution in [0.25, 0.3) is 0 Å². The maximum atomic E-state index is 12.8. The second-order valence-electron chi connectivity index (χ2n) is 8.69. The predicted molar refractivity (Wildman–Crippen MR) is 122 cm³/mol. The second kappa shape index (κ2) is 18.4. The van der Waals surface area contributed by atoms with Crippen molar-refractivity contribution in [3.63, 3.8) is 0 Å². The van der Waals surface area contributed by atoms with E-state index in [1.165, 1.54) is 77.0 Å². The zero-order valence-corrected chi connectivity index (χ0v) is 19.1. The van der Waals surface area contributed by atoms with Crippen molar-refractivity contribution in [3.05, 3.63) is 0 Å². The van der Waals surface area contributed by atoms with Gasteiger partial charge in [-0.05, 0) is 12.8 Å². The minimum absolute atomic E-state index is 0.236. The van der Waals surface area contributed by atoms with E-state index in [4.69, 9.17) is 0 Å². The molecule has 0 aromatic heterocycles. The van der Waals surface area contributed by atoms with Crippen LogP contribution >= 0.6 is 0 Å². The summed E-state index contributed by atoms with van der Waals surface area (Å²) in [6.45, 7) is 10.7. The van der Waals surface area contributed by atoms with E-state index < -0.39 is 0 Å². The summed E-state index contributed by atoms with van der Waals surface area (Å²) in [7, 11) is 0. The summed E-state index contributed by atoms with van der Waals surface area (Å²) in [5, 5.41) is 6.64. The van der Waals surface area contributed by atoms with Gasteiger partial charge in [-0.1, -0.05) is 90.9 Å². The highest BCUT2D eigenvalue weighted by Crippen LogP contribution is 2.19. The summed E-state index contributed by atoms with van der Waals surface area (Å²) < 4.78 is 0. The monoisotopic (exact) mass is 395 g/mol. The smallest absolute Gasteiger partial charge is 0.223 e. The SMILES string of the molecule is CCCCCCCCCC(CCCCCCC)C(=O)NCCN1CCNCC1. The fourth-order valence-corrected chi connectivity index (χ4v) is 4.16. The fraction of sp³-hybridized carbons (Fsp3) is 0.958. The van der Waals surface area contributed by atoms with Crippen molar-refractivity contribution >= 4 is 5.91 Å². The van der Waals surface area contributed by atoms with Crippen LogP contribution < -0.4 is 10.6 Å². The van der Waals surface area contributed by atoms with Gasteiger partial charge in [0.1, 0.15) is 0 Å². The van der Waals surface area contributed by atoms with Gasteiger partial charge in [0, 0.05) is 45.2 Å². The molecule has 1 fully saturated rings. The van der Waals surface area contributed by atoms with Crippen LogP contribution in [0.2, 0.25) is 0 Å². The minimum Gasteiger partial charge on any atom is -0.355 e. The Bertz CT molecular complexity index is 356. The Kier molecular flexibility index (Phi) is 16.7. The quantitative estimate of drug-likeness (QED) is 0.316. The maximum Gasteiger partial charge on any atom is 0.223 e. The molecule has 1 amide bonds. The summed E-state index contributed by atoms with van der Waals surface area (Å²) in [6, 6.07) is 0. The highest BCUT2D eigenvalue weighted by molar-refractivity contribution is 5.78. The van der Waals surface area contributed by atoms with Crippen molar-refractivity contribution < 1.29 is 4.79 Å². The molecule has 0 saturated carbocycles. The van der Waals surface area contributed by atoms with Crippen LogP contribution in [0.1, 0.15) is 104 Å². The first-order valence-electron chi connectivity index (χ1n) is 12.5. The molecular formula is C24H49N3O. The Hall–Kier alpha value is -0.610. The van der Waals surface area contributed by atoms with E-state index in [1.54, 1.807) is 0 Å². The summed E-state index contributed by atoms with van der Waals surface area (Å²) >= 11 is 0. The Morgan fingerprint density at radius 3 is 1.86 bits per heavy atom. The third-order valence-electron chi connectivity index (χ3n) is 6.12. The van der Waals surface area contributed by atoms with Gasteiger partial charge in [0.05, 0.1) is 0 Å². The molecule has 1 unspecified atom stereocenters. The number of hydrogen-bond acceptors (Lipinski definition) is 3. The van der Waals surface area contributed by atoms with Crippen LogP contribution in [0.5, 0.6) is 0 Å². The number of nitrogens with zero attached hydrogens (tertiary/aromatic N) is 1. The Morgan fingerprint density at radius 2 is 1.32 bits per heavy atom. The highest BCUT2D eigenvalue weighted by Gasteiger charge is 2.18. The molecule has 0 aromatic rings. The van der Waals surface area contributed by atoms with E-state index in [9.17, 15) is 4.79 Å². The van der Waals surface area contributed by atoms with Crippen molar-refractivity contribution in [2.45, 2.75) is 104 Å². The topological polar surface area (TPSA) is 44.4 Å². The van der Waals surface area contributed by atoms with Crippen LogP contribution in [0.4, 0.5) is 0 Å². The number of unbranched alkanes of at least 4 members (excludes halogenated alkanes) is 10. The van der Waals surface area contributed by atoms with Gasteiger partial charge in [-0.15, -0.1) is 0 Å². The first-order valence-corrected chi connectivity index (χ1v) is 12.5. The molecule has 1 saturated heterocycles. The van der Waals surface area contributed by atoms with Crippen molar-refractivity contribution in [2.24, 2.45) is 5.92 Å². The third-order valence-corrected chi connectivity index (χ3v) is 6.12. The third kappa shape index (κ3) is 13.5. The summed E-state index contributed by atoms with van der Waals surface area (Å²) in [6.07, 6.45) is 17.9. The van der Waals surface area contributed by atoms with E-state index in [1.807, 2.05) is 0 Å². The average molecular weight is 396 g/mol. The number of hydrogen-bond donors (Lipinski definition) is 2. The summed E-state index contributed by atoms with van der Waals surface area (Å²) in [5.41, 5.74) is 0. The average Bonchev–Trinajstić information content (AvgIpc) is 2.72. The van der Waals surface area contributed by atoms with E-state index in [0.717, 1.165) is 52.1 Å². The van der Waals surface area contributed by atoms with E-state index >= 15 is 0 Å². The molecule has 1 rings (SSSR count). The van der Waals surface area contributed by atoms with E-state index in [0.29, 0.717) is 5.91 Å². The van der Waals surface area contributed by atoms with Gasteiger partial charge in [0.15, 0.2) is 0 Å². The molecule has 4 nitrogen and oxygen atoms in total. The molecular weight excluding hydrogens is 346 g/mol. The van der Waals surface area contributed by atoms with Crippen LogP contribution in [0.15, 0.2) is 0 Å². The van der Waals surface area contributed by atoms with Crippen molar-refractivity contribution in [2.75, 3.05) is 39.3 Å². The molecule has 0 bridgehead atoms. The molecule has 4 heteroatoms. The molecule has 28 heavy (non-hydrogen) atoms. The first-order chi connectivity index (χ1) is 13.8. The number of carbonyl (C=O) groups is 1. The lowest BCUT2D eigenvalue weighted by atomic mass is 9.93. The van der Waals surface area contributed by atoms with Gasteiger partial charge in [0.25, 0.3) is 0 Å². The van der Waals surface area contributed by atoms with Gasteiger partial charge in [0.2, 0.25) is 5.91 Å². The molecule has 1 heterocycles. The Balaban J connectivity index is 2.23. The zero-order valence-electron chi connectivity index (χ0n) is 19.1. The number of nitrogens with one attached hydrogen (secondary N) is 2. The standard InChI is InChI=1S/C24H49N3O/c1-3-5-7-9-10-12-14-16-23(15-13-11-8-6-4-2)24(28)26-19-22-27-20-17-25-18-21-27/h23,25H,3-22H2,1-2H3,(H,26,28). The predicted octanol–water partition coefficient (Wildman–Crippen LogP) is 5.13. The number of rotatable bonds is 18. The highest BCUT2D eigenvalue weighted by atomic mass is 16.1. The Morgan fingerprint density at radius 1 is 0.821 bits per heavy atom. The fourth-order valence-electron chi connectivity index (χ4n) is 4.16. The van der Waals surface area contributed by atoms with Gasteiger partial charge in [-0.3, -0.25) is 9.69 Å². The second-order valence-corrected chi connectivity index (χ2v) is 8.69. The molecule has 1 aliphatic rings. The number of piperazine rings is 1. The van der Waals surface area contributed by atoms with Gasteiger partial charge >= 0.3 is 0 Å². The molecule has 2 N–H and O–H groups in total. The van der Waals surface area contributed by atoms with E-state index in [-0.39, 0.29) is 5.92 Å². The molecule has 0 aromatic carbocycles. The normalized spacial score (nSPS) is 16.2. The molecule has 0 aliphatic carbocycles. The molecule has 1 atom stereocenters. The number of amides is 1. The summed E-state index contributed by atoms with van der Waals surface area (Å²) in [4.78, 5) is 15.2. The lowest BCUT2D eigenvalue weighted by Crippen LogP contribution is -2.46. The summed E-state index contributed by atoms with van der Waals surface area (Å²) in [5.74, 6) is 0.553. The lowest BCUT2D eigenvalue weighted by molar-refractivity contribution is -0.125. The van der Waals surface area contributed by atoms with Crippen molar-refractivity contribution in [3.8, 4) is 0 Å². The van der Waals surface area contributed by atoms with Crippen LogP contribution in [-0.2, 0) is 4.79 Å².